The van der Waals surface area contributed by atoms with E-state index in [-0.39, 0.29) is 29.1 Å². The SMILES string of the molecule is CCC(CC)(CN)NC(=O)C1SCCc2ccccc21.Cl. The van der Waals surface area contributed by atoms with Crippen LogP contribution in [0.3, 0.4) is 0 Å². The van der Waals surface area contributed by atoms with Gasteiger partial charge in [0.25, 0.3) is 0 Å². The van der Waals surface area contributed by atoms with E-state index < -0.39 is 0 Å². The van der Waals surface area contributed by atoms with Crippen LogP contribution in [0.2, 0.25) is 0 Å². The van der Waals surface area contributed by atoms with Crippen molar-refractivity contribution in [2.75, 3.05) is 12.3 Å². The Bertz CT molecular complexity index is 469. The molecule has 3 N–H and O–H groups in total. The molecule has 1 aromatic carbocycles. The zero-order chi connectivity index (χ0) is 14.6. The quantitative estimate of drug-likeness (QED) is 0.873. The van der Waals surface area contributed by atoms with Crippen LogP contribution in [0.5, 0.6) is 0 Å². The summed E-state index contributed by atoms with van der Waals surface area (Å²) in [5.74, 6) is 1.11. The number of carbonyl (C=O) groups excluding carboxylic acids is 1. The van der Waals surface area contributed by atoms with Gasteiger partial charge in [-0.25, -0.2) is 0 Å². The maximum absolute atomic E-state index is 12.7. The van der Waals surface area contributed by atoms with Crippen molar-refractivity contribution in [3.8, 4) is 0 Å². The first-order valence-electron chi connectivity index (χ1n) is 7.37. The monoisotopic (exact) mass is 328 g/mol. The number of amides is 1. The molecule has 1 aliphatic heterocycles. The minimum absolute atomic E-state index is 0. The summed E-state index contributed by atoms with van der Waals surface area (Å²) in [6.45, 7) is 4.65. The number of halogens is 1. The van der Waals surface area contributed by atoms with Gasteiger partial charge in [0.05, 0.1) is 5.54 Å². The van der Waals surface area contributed by atoms with Gasteiger partial charge in [-0.1, -0.05) is 38.1 Å². The predicted molar refractivity (Wildman–Crippen MR) is 93.1 cm³/mol. The molecule has 118 valence electrons. The standard InChI is InChI=1S/C16H24N2OS.ClH/c1-3-16(4-2,11-17)18-15(19)14-13-8-6-5-7-12(13)9-10-20-14;/h5-8,14H,3-4,9-11,17H2,1-2H3,(H,18,19);1H. The van der Waals surface area contributed by atoms with Gasteiger partial charge in [0.2, 0.25) is 5.91 Å². The summed E-state index contributed by atoms with van der Waals surface area (Å²) < 4.78 is 0. The number of carbonyl (C=O) groups is 1. The lowest BCUT2D eigenvalue weighted by Gasteiger charge is -2.34. The predicted octanol–water partition coefficient (Wildman–Crippen LogP) is 3.07. The summed E-state index contributed by atoms with van der Waals surface area (Å²) in [6, 6.07) is 8.27. The van der Waals surface area contributed by atoms with Crippen LogP contribution >= 0.6 is 24.2 Å². The van der Waals surface area contributed by atoms with Gasteiger partial charge < -0.3 is 11.1 Å². The fourth-order valence-electron chi connectivity index (χ4n) is 2.70. The Morgan fingerprint density at radius 2 is 2.05 bits per heavy atom. The van der Waals surface area contributed by atoms with Gasteiger partial charge >= 0.3 is 0 Å². The molecule has 1 heterocycles. The summed E-state index contributed by atoms with van der Waals surface area (Å²) in [5, 5.41) is 3.11. The second-order valence-electron chi connectivity index (χ2n) is 5.38. The maximum Gasteiger partial charge on any atom is 0.238 e. The Hall–Kier alpha value is -0.710. The highest BCUT2D eigenvalue weighted by molar-refractivity contribution is 8.00. The molecule has 21 heavy (non-hydrogen) atoms. The van der Waals surface area contributed by atoms with Crippen molar-refractivity contribution < 1.29 is 4.79 Å². The molecule has 1 atom stereocenters. The average molecular weight is 329 g/mol. The molecule has 1 aliphatic rings. The molecule has 1 unspecified atom stereocenters. The van der Waals surface area contributed by atoms with Crippen LogP contribution in [0, 0.1) is 0 Å². The zero-order valence-corrected chi connectivity index (χ0v) is 14.4. The topological polar surface area (TPSA) is 55.1 Å². The molecule has 0 saturated heterocycles. The summed E-state index contributed by atoms with van der Waals surface area (Å²) in [4.78, 5) is 12.7. The summed E-state index contributed by atoms with van der Waals surface area (Å²) in [5.41, 5.74) is 8.09. The van der Waals surface area contributed by atoms with Gasteiger partial charge in [-0.2, -0.15) is 0 Å². The van der Waals surface area contributed by atoms with E-state index >= 15 is 0 Å². The van der Waals surface area contributed by atoms with Crippen molar-refractivity contribution in [2.24, 2.45) is 5.73 Å². The van der Waals surface area contributed by atoms with Crippen molar-refractivity contribution in [1.29, 1.82) is 0 Å². The second kappa shape index (κ2) is 8.06. The van der Waals surface area contributed by atoms with Crippen LogP contribution < -0.4 is 11.1 Å². The molecule has 0 radical (unpaired) electrons. The fraction of sp³-hybridized carbons (Fsp3) is 0.562. The van der Waals surface area contributed by atoms with Gasteiger partial charge in [0.15, 0.2) is 0 Å². The largest absolute Gasteiger partial charge is 0.348 e. The van der Waals surface area contributed by atoms with Gasteiger partial charge in [0, 0.05) is 6.54 Å². The Labute approximate surface area is 137 Å². The Kier molecular flexibility index (Phi) is 7.04. The van der Waals surface area contributed by atoms with Crippen LogP contribution in [-0.4, -0.2) is 23.7 Å². The van der Waals surface area contributed by atoms with E-state index in [2.05, 4.69) is 31.3 Å². The lowest BCUT2D eigenvalue weighted by atomic mass is 9.92. The van der Waals surface area contributed by atoms with Crippen LogP contribution in [0.1, 0.15) is 43.1 Å². The number of hydrogen-bond acceptors (Lipinski definition) is 3. The molecule has 1 amide bonds. The zero-order valence-electron chi connectivity index (χ0n) is 12.7. The first-order chi connectivity index (χ1) is 9.65. The fourth-order valence-corrected chi connectivity index (χ4v) is 3.90. The molecule has 5 heteroatoms. The van der Waals surface area contributed by atoms with Crippen LogP contribution in [0.15, 0.2) is 24.3 Å². The number of rotatable bonds is 5. The van der Waals surface area contributed by atoms with Crippen molar-refractivity contribution >= 4 is 30.1 Å². The molecular weight excluding hydrogens is 304 g/mol. The first kappa shape index (κ1) is 18.3. The highest BCUT2D eigenvalue weighted by atomic mass is 35.5. The third kappa shape index (κ3) is 3.93. The average Bonchev–Trinajstić information content (AvgIpc) is 2.52. The van der Waals surface area contributed by atoms with E-state index in [1.807, 2.05) is 12.1 Å². The van der Waals surface area contributed by atoms with Gasteiger partial charge in [-0.3, -0.25) is 4.79 Å². The molecule has 0 saturated carbocycles. The van der Waals surface area contributed by atoms with E-state index in [0.717, 1.165) is 25.0 Å². The normalized spacial score (nSPS) is 17.6. The third-order valence-electron chi connectivity index (χ3n) is 4.36. The minimum Gasteiger partial charge on any atom is -0.348 e. The number of hydrogen-bond donors (Lipinski definition) is 2. The van der Waals surface area contributed by atoms with E-state index in [4.69, 9.17) is 5.73 Å². The van der Waals surface area contributed by atoms with Gasteiger partial charge in [0.1, 0.15) is 5.25 Å². The summed E-state index contributed by atoms with van der Waals surface area (Å²) in [7, 11) is 0. The maximum atomic E-state index is 12.7. The van der Waals surface area contributed by atoms with Crippen LogP contribution in [0.4, 0.5) is 0 Å². The molecule has 0 fully saturated rings. The molecule has 0 aromatic heterocycles. The second-order valence-corrected chi connectivity index (χ2v) is 6.59. The highest BCUT2D eigenvalue weighted by Gasteiger charge is 2.32. The van der Waals surface area contributed by atoms with Crippen molar-refractivity contribution in [3.63, 3.8) is 0 Å². The van der Waals surface area contributed by atoms with E-state index in [9.17, 15) is 4.79 Å². The highest BCUT2D eigenvalue weighted by Crippen LogP contribution is 2.37. The number of nitrogens with one attached hydrogen (secondary N) is 1. The molecule has 2 rings (SSSR count). The van der Waals surface area contributed by atoms with Crippen LogP contribution in [0.25, 0.3) is 0 Å². The summed E-state index contributed by atoms with van der Waals surface area (Å²) in [6.07, 6.45) is 2.78. The molecular formula is C16H25ClN2OS. The Balaban J connectivity index is 0.00000220. The molecule has 0 bridgehead atoms. The minimum atomic E-state index is -0.260. The number of thioether (sulfide) groups is 1. The summed E-state index contributed by atoms with van der Waals surface area (Å²) >= 11 is 1.73. The number of fused-ring (bicyclic) bond motifs is 1. The van der Waals surface area contributed by atoms with Crippen molar-refractivity contribution in [1.82, 2.24) is 5.32 Å². The molecule has 1 aromatic rings. The smallest absolute Gasteiger partial charge is 0.238 e. The van der Waals surface area contributed by atoms with E-state index in [1.54, 1.807) is 11.8 Å². The van der Waals surface area contributed by atoms with Crippen molar-refractivity contribution in [2.45, 2.75) is 43.9 Å². The number of benzene rings is 1. The first-order valence-corrected chi connectivity index (χ1v) is 8.42. The Morgan fingerprint density at radius 3 is 2.67 bits per heavy atom. The lowest BCUT2D eigenvalue weighted by molar-refractivity contribution is -0.122. The van der Waals surface area contributed by atoms with Crippen molar-refractivity contribution in [3.05, 3.63) is 35.4 Å². The number of nitrogens with two attached hydrogens (primary N) is 1. The van der Waals surface area contributed by atoms with Gasteiger partial charge in [-0.15, -0.1) is 24.2 Å². The van der Waals surface area contributed by atoms with Crippen LogP contribution in [-0.2, 0) is 11.2 Å². The lowest BCUT2D eigenvalue weighted by Crippen LogP contribution is -2.54. The number of aryl methyl sites for hydroxylation is 1. The van der Waals surface area contributed by atoms with E-state index in [1.165, 1.54) is 11.1 Å². The van der Waals surface area contributed by atoms with Gasteiger partial charge in [-0.05, 0) is 36.1 Å². The molecule has 3 nitrogen and oxygen atoms in total. The third-order valence-corrected chi connectivity index (χ3v) is 5.61. The Morgan fingerprint density at radius 1 is 1.38 bits per heavy atom. The molecule has 0 aliphatic carbocycles. The van der Waals surface area contributed by atoms with E-state index in [0.29, 0.717) is 6.54 Å². The molecule has 0 spiro atoms.